The number of benzene rings is 2. The molecule has 2 aromatic carbocycles. The average Bonchev–Trinajstić information content (AvgIpc) is 2.75. The third-order valence-electron chi connectivity index (χ3n) is 4.68. The van der Waals surface area contributed by atoms with Crippen molar-refractivity contribution in [1.29, 1.82) is 0 Å². The number of fused-ring (bicyclic) bond motifs is 1. The molecule has 0 amide bonds. The summed E-state index contributed by atoms with van der Waals surface area (Å²) in [5, 5.41) is 2.96. The quantitative estimate of drug-likeness (QED) is 0.479. The van der Waals surface area contributed by atoms with Crippen molar-refractivity contribution in [2.75, 3.05) is 6.61 Å². The average molecular weight is 391 g/mol. The first-order valence-electron chi connectivity index (χ1n) is 9.39. The van der Waals surface area contributed by atoms with Crippen molar-refractivity contribution in [3.63, 3.8) is 0 Å². The lowest BCUT2D eigenvalue weighted by Gasteiger charge is -2.37. The van der Waals surface area contributed by atoms with Crippen molar-refractivity contribution in [2.24, 2.45) is 0 Å². The number of esters is 1. The van der Waals surface area contributed by atoms with Gasteiger partial charge in [-0.05, 0) is 13.0 Å². The zero-order valence-corrected chi connectivity index (χ0v) is 15.9. The first-order chi connectivity index (χ1) is 14.1. The van der Waals surface area contributed by atoms with Gasteiger partial charge in [-0.15, -0.1) is 0 Å². The highest BCUT2D eigenvalue weighted by molar-refractivity contribution is 6.04. The van der Waals surface area contributed by atoms with Crippen LogP contribution in [0.25, 0.3) is 0 Å². The molecular weight excluding hydrogens is 370 g/mol. The molecule has 1 fully saturated rings. The molecule has 2 heterocycles. The van der Waals surface area contributed by atoms with Crippen molar-refractivity contribution in [2.45, 2.75) is 25.4 Å². The van der Waals surface area contributed by atoms with Crippen LogP contribution in [0.4, 0.5) is 0 Å². The monoisotopic (exact) mass is 391 g/mol. The molecule has 0 aliphatic carbocycles. The van der Waals surface area contributed by atoms with Gasteiger partial charge in [-0.2, -0.15) is 0 Å². The molecule has 1 N–H and O–H groups in total. The summed E-state index contributed by atoms with van der Waals surface area (Å²) < 4.78 is 17.1. The number of carbonyl (C=O) groups excluding carboxylic acids is 2. The van der Waals surface area contributed by atoms with Crippen molar-refractivity contribution < 1.29 is 23.8 Å². The van der Waals surface area contributed by atoms with E-state index in [4.69, 9.17) is 14.2 Å². The molecule has 2 aliphatic rings. The number of rotatable bonds is 5. The summed E-state index contributed by atoms with van der Waals surface area (Å²) in [5.41, 5.74) is 2.25. The Kier molecular flexibility index (Phi) is 5.55. The second-order valence-electron chi connectivity index (χ2n) is 6.88. The predicted octanol–water partition coefficient (Wildman–Crippen LogP) is 3.29. The lowest BCUT2D eigenvalue weighted by Crippen LogP contribution is -2.47. The van der Waals surface area contributed by atoms with Crippen molar-refractivity contribution in [1.82, 2.24) is 5.32 Å². The topological polar surface area (TPSA) is 73.9 Å². The highest BCUT2D eigenvalue weighted by Gasteiger charge is 2.38. The minimum absolute atomic E-state index is 0.148. The molecule has 0 radical (unpaired) electrons. The van der Waals surface area contributed by atoms with Gasteiger partial charge in [0.1, 0.15) is 11.8 Å². The fourth-order valence-electron chi connectivity index (χ4n) is 3.24. The number of hydrogen-bond donors (Lipinski definition) is 1. The van der Waals surface area contributed by atoms with Gasteiger partial charge in [0.2, 0.25) is 0 Å². The van der Waals surface area contributed by atoms with Crippen LogP contribution in [0.3, 0.4) is 0 Å². The number of ether oxygens (including phenoxy) is 3. The summed E-state index contributed by atoms with van der Waals surface area (Å²) in [6, 6.07) is 18.5. The minimum Gasteiger partial charge on any atom is -0.452 e. The molecule has 1 saturated heterocycles. The largest absolute Gasteiger partial charge is 0.452 e. The van der Waals surface area contributed by atoms with Crippen LogP contribution in [0.2, 0.25) is 0 Å². The summed E-state index contributed by atoms with van der Waals surface area (Å²) in [4.78, 5) is 24.6. The number of hydrogen-bond acceptors (Lipinski definition) is 6. The second-order valence-corrected chi connectivity index (χ2v) is 6.88. The van der Waals surface area contributed by atoms with Gasteiger partial charge in [0, 0.05) is 22.9 Å². The van der Waals surface area contributed by atoms with E-state index in [2.05, 4.69) is 5.32 Å². The van der Waals surface area contributed by atoms with Crippen molar-refractivity contribution >= 4 is 11.8 Å². The maximum atomic E-state index is 12.3. The van der Waals surface area contributed by atoms with E-state index in [0.29, 0.717) is 11.3 Å². The normalized spacial score (nSPS) is 24.2. The van der Waals surface area contributed by atoms with Gasteiger partial charge >= 0.3 is 5.97 Å². The van der Waals surface area contributed by atoms with Crippen LogP contribution in [0.5, 0.6) is 0 Å². The molecule has 148 valence electrons. The van der Waals surface area contributed by atoms with Gasteiger partial charge in [-0.3, -0.25) is 4.79 Å². The Balaban J connectivity index is 1.47. The Labute approximate surface area is 168 Å². The van der Waals surface area contributed by atoms with E-state index in [1.807, 2.05) is 36.4 Å². The number of nitrogens with one attached hydrogen (secondary N) is 1. The molecular formula is C23H21NO5. The van der Waals surface area contributed by atoms with Crippen LogP contribution in [-0.4, -0.2) is 30.6 Å². The van der Waals surface area contributed by atoms with Gasteiger partial charge in [0.15, 0.2) is 18.2 Å². The molecule has 6 nitrogen and oxygen atoms in total. The second kappa shape index (κ2) is 8.43. The Morgan fingerprint density at radius 2 is 1.76 bits per heavy atom. The zero-order valence-electron chi connectivity index (χ0n) is 15.9. The first kappa shape index (κ1) is 19.1. The first-order valence-corrected chi connectivity index (χ1v) is 9.39. The maximum absolute atomic E-state index is 12.3. The summed E-state index contributed by atoms with van der Waals surface area (Å²) in [5.74, 6) is -0.652. The fraction of sp³-hybridized carbons (Fsp3) is 0.217. The molecule has 0 spiro atoms. The Bertz CT molecular complexity index is 952. The van der Waals surface area contributed by atoms with Gasteiger partial charge in [0.25, 0.3) is 0 Å². The van der Waals surface area contributed by atoms with E-state index < -0.39 is 24.5 Å². The molecule has 0 unspecified atom stereocenters. The van der Waals surface area contributed by atoms with E-state index in [-0.39, 0.29) is 18.1 Å². The molecule has 6 heteroatoms. The van der Waals surface area contributed by atoms with Gasteiger partial charge in [-0.1, -0.05) is 60.7 Å². The van der Waals surface area contributed by atoms with Crippen LogP contribution >= 0.6 is 0 Å². The molecule has 3 atom stereocenters. The molecule has 2 aromatic rings. The third kappa shape index (κ3) is 4.45. The van der Waals surface area contributed by atoms with Gasteiger partial charge in [0.05, 0.1) is 6.61 Å². The van der Waals surface area contributed by atoms with E-state index in [1.165, 1.54) is 6.08 Å². The van der Waals surface area contributed by atoms with Crippen LogP contribution in [-0.2, 0) is 19.0 Å². The smallest absolute Gasteiger partial charge is 0.354 e. The van der Waals surface area contributed by atoms with Gasteiger partial charge in [-0.25, -0.2) is 4.79 Å². The minimum atomic E-state index is -0.525. The molecule has 4 rings (SSSR count). The Morgan fingerprint density at radius 1 is 1.07 bits per heavy atom. The van der Waals surface area contributed by atoms with Crippen molar-refractivity contribution in [3.8, 4) is 0 Å². The number of carbonyl (C=O) groups is 2. The highest BCUT2D eigenvalue weighted by Crippen LogP contribution is 2.30. The third-order valence-corrected chi connectivity index (χ3v) is 4.68. The molecule has 2 aliphatic heterocycles. The van der Waals surface area contributed by atoms with E-state index in [0.717, 1.165) is 5.56 Å². The Morgan fingerprint density at radius 3 is 2.48 bits per heavy atom. The van der Waals surface area contributed by atoms with Gasteiger partial charge < -0.3 is 19.5 Å². The summed E-state index contributed by atoms with van der Waals surface area (Å²) in [6.07, 6.45) is 1.69. The lowest BCUT2D eigenvalue weighted by molar-refractivity contribution is -0.252. The summed E-state index contributed by atoms with van der Waals surface area (Å²) in [6.45, 7) is 1.97. The summed E-state index contributed by atoms with van der Waals surface area (Å²) in [7, 11) is 0. The molecule has 0 bridgehead atoms. The SMILES string of the molecule is C/C(=C/C(=O)c1ccccc1)NC1=C[C@@H]2O[C@H](c3ccccc3)OC[C@@H]2OC1=O. The highest BCUT2D eigenvalue weighted by atomic mass is 16.7. The maximum Gasteiger partial charge on any atom is 0.354 e. The van der Waals surface area contributed by atoms with Crippen LogP contribution < -0.4 is 5.32 Å². The van der Waals surface area contributed by atoms with E-state index in [9.17, 15) is 9.59 Å². The molecule has 0 saturated carbocycles. The Hall–Kier alpha value is -3.22. The number of ketones is 1. The standard InChI is InChI=1S/C23H21NO5/c1-15(12-19(25)16-8-4-2-5-9-16)24-18-13-20-21(28-22(18)26)14-27-23(29-20)17-10-6-3-7-11-17/h2-13,20-21,23-24H,14H2,1H3/b15-12-/t20-,21-,23+/m0/s1. The number of allylic oxidation sites excluding steroid dienone is 2. The zero-order chi connectivity index (χ0) is 20.2. The summed E-state index contributed by atoms with van der Waals surface area (Å²) >= 11 is 0. The molecule has 29 heavy (non-hydrogen) atoms. The van der Waals surface area contributed by atoms with Crippen LogP contribution in [0, 0.1) is 0 Å². The lowest BCUT2D eigenvalue weighted by atomic mass is 10.1. The van der Waals surface area contributed by atoms with Crippen LogP contribution in [0.1, 0.15) is 29.1 Å². The van der Waals surface area contributed by atoms with E-state index >= 15 is 0 Å². The van der Waals surface area contributed by atoms with E-state index in [1.54, 1.807) is 37.3 Å². The fourth-order valence-corrected chi connectivity index (χ4v) is 3.24. The predicted molar refractivity (Wildman–Crippen MR) is 106 cm³/mol. The van der Waals surface area contributed by atoms with Crippen molar-refractivity contribution in [3.05, 3.63) is 95.3 Å². The van der Waals surface area contributed by atoms with Crippen LogP contribution in [0.15, 0.2) is 84.2 Å². The molecule has 0 aromatic heterocycles.